The summed E-state index contributed by atoms with van der Waals surface area (Å²) in [7, 11) is 0. The van der Waals surface area contributed by atoms with E-state index in [9.17, 15) is 5.11 Å². The second-order valence-corrected chi connectivity index (χ2v) is 4.70. The average Bonchev–Trinajstić information content (AvgIpc) is 2.38. The van der Waals surface area contributed by atoms with Crippen molar-refractivity contribution in [2.24, 2.45) is 0 Å². The Bertz CT molecular complexity index is 372. The van der Waals surface area contributed by atoms with Crippen LogP contribution in [0.4, 0.5) is 5.69 Å². The number of aliphatic hydroxyl groups excluding tert-OH is 1. The zero-order chi connectivity index (χ0) is 12.8. The first-order valence-corrected chi connectivity index (χ1v) is 6.45. The number of aromatic nitrogens is 1. The van der Waals surface area contributed by atoms with E-state index in [1.165, 1.54) is 0 Å². The first-order chi connectivity index (χ1) is 8.74. The Morgan fingerprint density at radius 1 is 1.50 bits per heavy atom. The second kappa shape index (κ2) is 6.89. The second-order valence-electron chi connectivity index (χ2n) is 4.31. The van der Waals surface area contributed by atoms with Crippen LogP contribution in [0.25, 0.3) is 0 Å². The van der Waals surface area contributed by atoms with Crippen LogP contribution in [0, 0.1) is 0 Å². The van der Waals surface area contributed by atoms with Crippen molar-refractivity contribution < 1.29 is 9.84 Å². The molecule has 0 bridgehead atoms. The number of morpholine rings is 1. The third-order valence-corrected chi connectivity index (χ3v) is 3.05. The molecule has 0 aliphatic carbocycles. The van der Waals surface area contributed by atoms with Gasteiger partial charge in [-0.3, -0.25) is 4.90 Å². The summed E-state index contributed by atoms with van der Waals surface area (Å²) in [5.41, 5.74) is 0.871. The molecule has 0 radical (unpaired) electrons. The molecular formula is C12H18ClN3O2. The quantitative estimate of drug-likeness (QED) is 0.778. The van der Waals surface area contributed by atoms with Crippen LogP contribution < -0.4 is 5.32 Å². The number of pyridine rings is 1. The number of β-amino-alcohol motifs (C(OH)–C–C–N with tert-alkyl or cyclic N) is 1. The minimum absolute atomic E-state index is 0.407. The van der Waals surface area contributed by atoms with E-state index in [0.29, 0.717) is 18.2 Å². The number of nitrogens with one attached hydrogen (secondary N) is 1. The highest BCUT2D eigenvalue weighted by molar-refractivity contribution is 6.29. The lowest BCUT2D eigenvalue weighted by Gasteiger charge is -2.28. The van der Waals surface area contributed by atoms with Crippen molar-refractivity contribution in [1.82, 2.24) is 9.88 Å². The van der Waals surface area contributed by atoms with E-state index in [-0.39, 0.29) is 0 Å². The highest BCUT2D eigenvalue weighted by Crippen LogP contribution is 2.11. The van der Waals surface area contributed by atoms with Gasteiger partial charge in [0.25, 0.3) is 0 Å². The van der Waals surface area contributed by atoms with E-state index in [2.05, 4.69) is 15.2 Å². The monoisotopic (exact) mass is 271 g/mol. The van der Waals surface area contributed by atoms with Crippen LogP contribution in [0.5, 0.6) is 0 Å². The van der Waals surface area contributed by atoms with Crippen LogP contribution in [-0.2, 0) is 4.74 Å². The number of hydrogen-bond donors (Lipinski definition) is 2. The number of nitrogens with zero attached hydrogens (tertiary/aromatic N) is 2. The summed E-state index contributed by atoms with van der Waals surface area (Å²) in [4.78, 5) is 6.11. The predicted octanol–water partition coefficient (Wildman–Crippen LogP) is 0.840. The Morgan fingerprint density at radius 2 is 2.28 bits per heavy atom. The molecule has 1 unspecified atom stereocenters. The molecule has 0 amide bonds. The van der Waals surface area contributed by atoms with Crippen LogP contribution in [0.15, 0.2) is 18.3 Å². The van der Waals surface area contributed by atoms with Crippen LogP contribution >= 0.6 is 11.6 Å². The van der Waals surface area contributed by atoms with Crippen molar-refractivity contribution in [1.29, 1.82) is 0 Å². The van der Waals surface area contributed by atoms with Crippen molar-refractivity contribution in [3.05, 3.63) is 23.5 Å². The molecule has 1 fully saturated rings. The number of halogens is 1. The topological polar surface area (TPSA) is 57.6 Å². The Kier molecular flexibility index (Phi) is 5.19. The van der Waals surface area contributed by atoms with Gasteiger partial charge in [0.2, 0.25) is 0 Å². The summed E-state index contributed by atoms with van der Waals surface area (Å²) < 4.78 is 5.26. The first kappa shape index (κ1) is 13.5. The van der Waals surface area contributed by atoms with Gasteiger partial charge < -0.3 is 15.2 Å². The molecule has 2 N–H and O–H groups in total. The van der Waals surface area contributed by atoms with E-state index >= 15 is 0 Å². The van der Waals surface area contributed by atoms with Crippen molar-refractivity contribution in [3.63, 3.8) is 0 Å². The molecule has 18 heavy (non-hydrogen) atoms. The third-order valence-electron chi connectivity index (χ3n) is 2.84. The summed E-state index contributed by atoms with van der Waals surface area (Å²) in [6, 6.07) is 3.57. The maximum absolute atomic E-state index is 9.94. The molecule has 1 aliphatic heterocycles. The first-order valence-electron chi connectivity index (χ1n) is 6.07. The van der Waals surface area contributed by atoms with Crippen molar-refractivity contribution in [2.45, 2.75) is 6.10 Å². The molecular weight excluding hydrogens is 254 g/mol. The fourth-order valence-corrected chi connectivity index (χ4v) is 2.07. The largest absolute Gasteiger partial charge is 0.390 e. The van der Waals surface area contributed by atoms with Gasteiger partial charge in [-0.05, 0) is 12.1 Å². The summed E-state index contributed by atoms with van der Waals surface area (Å²) in [6.45, 7) is 4.43. The smallest absolute Gasteiger partial charge is 0.131 e. The molecule has 100 valence electrons. The van der Waals surface area contributed by atoms with Crippen molar-refractivity contribution in [3.8, 4) is 0 Å². The molecule has 0 saturated carbocycles. The van der Waals surface area contributed by atoms with Gasteiger partial charge in [-0.2, -0.15) is 0 Å². The Balaban J connectivity index is 1.72. The molecule has 1 aromatic heterocycles. The summed E-state index contributed by atoms with van der Waals surface area (Å²) >= 11 is 5.78. The van der Waals surface area contributed by atoms with Crippen LogP contribution in [-0.4, -0.2) is 60.5 Å². The minimum atomic E-state index is -0.407. The van der Waals surface area contributed by atoms with Gasteiger partial charge in [-0.25, -0.2) is 4.98 Å². The molecule has 0 spiro atoms. The number of rotatable bonds is 5. The number of hydrogen-bond acceptors (Lipinski definition) is 5. The highest BCUT2D eigenvalue weighted by atomic mass is 35.5. The highest BCUT2D eigenvalue weighted by Gasteiger charge is 2.14. The zero-order valence-corrected chi connectivity index (χ0v) is 10.9. The number of anilines is 1. The molecule has 0 aromatic carbocycles. The van der Waals surface area contributed by atoms with Crippen molar-refractivity contribution in [2.75, 3.05) is 44.7 Å². The Labute approximate surface area is 112 Å². The van der Waals surface area contributed by atoms with Gasteiger partial charge in [0, 0.05) is 38.1 Å². The molecule has 2 rings (SSSR count). The SMILES string of the molecule is OC(CNc1ccnc(Cl)c1)CN1CCOCC1. The fraction of sp³-hybridized carbons (Fsp3) is 0.583. The summed E-state index contributed by atoms with van der Waals surface area (Å²) in [5.74, 6) is 0. The fourth-order valence-electron chi connectivity index (χ4n) is 1.89. The van der Waals surface area contributed by atoms with Gasteiger partial charge in [-0.1, -0.05) is 11.6 Å². The van der Waals surface area contributed by atoms with E-state index in [1.54, 1.807) is 12.3 Å². The lowest BCUT2D eigenvalue weighted by Crippen LogP contribution is -2.42. The molecule has 6 heteroatoms. The molecule has 1 atom stereocenters. The van der Waals surface area contributed by atoms with Gasteiger partial charge in [0.15, 0.2) is 0 Å². The maximum atomic E-state index is 9.94. The predicted molar refractivity (Wildman–Crippen MR) is 71.0 cm³/mol. The molecule has 2 heterocycles. The van der Waals surface area contributed by atoms with E-state index in [4.69, 9.17) is 16.3 Å². The summed E-state index contributed by atoms with van der Waals surface area (Å²) in [6.07, 6.45) is 1.23. The molecule has 1 saturated heterocycles. The maximum Gasteiger partial charge on any atom is 0.131 e. The third kappa shape index (κ3) is 4.42. The van der Waals surface area contributed by atoms with Gasteiger partial charge in [-0.15, -0.1) is 0 Å². The van der Waals surface area contributed by atoms with E-state index in [0.717, 1.165) is 32.0 Å². The molecule has 1 aliphatic rings. The zero-order valence-electron chi connectivity index (χ0n) is 10.2. The molecule has 1 aromatic rings. The Hall–Kier alpha value is -0.880. The van der Waals surface area contributed by atoms with Gasteiger partial charge in [0.05, 0.1) is 19.3 Å². The lowest BCUT2D eigenvalue weighted by atomic mass is 10.3. The lowest BCUT2D eigenvalue weighted by molar-refractivity contribution is 0.0171. The van der Waals surface area contributed by atoms with Gasteiger partial charge in [0.1, 0.15) is 5.15 Å². The van der Waals surface area contributed by atoms with Crippen LogP contribution in [0.1, 0.15) is 0 Å². The van der Waals surface area contributed by atoms with E-state index < -0.39 is 6.10 Å². The average molecular weight is 272 g/mol. The number of ether oxygens (including phenoxy) is 1. The van der Waals surface area contributed by atoms with Gasteiger partial charge >= 0.3 is 0 Å². The minimum Gasteiger partial charge on any atom is -0.390 e. The molecule has 5 nitrogen and oxygen atoms in total. The summed E-state index contributed by atoms with van der Waals surface area (Å²) in [5, 5.41) is 13.5. The van der Waals surface area contributed by atoms with E-state index in [1.807, 2.05) is 6.07 Å². The standard InChI is InChI=1S/C12H18ClN3O2/c13-12-7-10(1-2-14-12)15-8-11(17)9-16-3-5-18-6-4-16/h1-2,7,11,17H,3-6,8-9H2,(H,14,15). The van der Waals surface area contributed by atoms with Crippen molar-refractivity contribution >= 4 is 17.3 Å². The normalized spacial score (nSPS) is 18.6. The Morgan fingerprint density at radius 3 is 3.00 bits per heavy atom. The van der Waals surface area contributed by atoms with Crippen LogP contribution in [0.3, 0.4) is 0 Å². The number of aliphatic hydroxyl groups is 1. The van der Waals surface area contributed by atoms with Crippen LogP contribution in [0.2, 0.25) is 5.15 Å².